The van der Waals surface area contributed by atoms with Crippen molar-refractivity contribution in [1.82, 2.24) is 14.9 Å². The number of thioether (sulfide) groups is 1. The largest absolute Gasteiger partial charge is 0.464 e. The maximum absolute atomic E-state index is 12.6. The molecule has 25 heavy (non-hydrogen) atoms. The Morgan fingerprint density at radius 1 is 1.40 bits per heavy atom. The summed E-state index contributed by atoms with van der Waals surface area (Å²) in [4.78, 5) is 34.1. The van der Waals surface area contributed by atoms with Crippen LogP contribution < -0.4 is 0 Å². The summed E-state index contributed by atoms with van der Waals surface area (Å²) >= 11 is 1.37. The van der Waals surface area contributed by atoms with Gasteiger partial charge < -0.3 is 14.6 Å². The van der Waals surface area contributed by atoms with E-state index in [0.717, 1.165) is 34.6 Å². The van der Waals surface area contributed by atoms with Crippen LogP contribution in [0.1, 0.15) is 31.7 Å². The van der Waals surface area contributed by atoms with E-state index in [-0.39, 0.29) is 17.6 Å². The lowest BCUT2D eigenvalue weighted by atomic mass is 10.0. The number of nitrogens with one attached hydrogen (secondary N) is 1. The first-order valence-electron chi connectivity index (χ1n) is 8.63. The molecule has 0 saturated carbocycles. The van der Waals surface area contributed by atoms with Crippen molar-refractivity contribution in [2.24, 2.45) is 0 Å². The molecule has 7 heteroatoms. The minimum atomic E-state index is -0.444. The van der Waals surface area contributed by atoms with E-state index in [4.69, 9.17) is 4.74 Å². The normalized spacial score (nSPS) is 17.7. The van der Waals surface area contributed by atoms with Gasteiger partial charge in [0.05, 0.1) is 23.4 Å². The summed E-state index contributed by atoms with van der Waals surface area (Å²) in [6, 6.07) is 5.57. The number of nitrogens with zero attached hydrogens (tertiary/aromatic N) is 2. The number of hydrogen-bond acceptors (Lipinski definition) is 5. The van der Waals surface area contributed by atoms with E-state index in [9.17, 15) is 9.59 Å². The molecule has 0 aliphatic carbocycles. The number of aromatic nitrogens is 2. The van der Waals surface area contributed by atoms with Crippen LogP contribution in [0.25, 0.3) is 11.0 Å². The number of aromatic amines is 1. The fraction of sp³-hybridized carbons (Fsp3) is 0.500. The highest BCUT2D eigenvalue weighted by molar-refractivity contribution is 7.99. The molecule has 1 aromatic heterocycles. The Labute approximate surface area is 151 Å². The molecule has 1 aliphatic rings. The number of H-pyrrole nitrogens is 1. The average molecular weight is 361 g/mol. The number of rotatable bonds is 5. The van der Waals surface area contributed by atoms with Crippen molar-refractivity contribution < 1.29 is 14.3 Å². The third-order valence-corrected chi connectivity index (χ3v) is 5.19. The van der Waals surface area contributed by atoms with Gasteiger partial charge in [-0.25, -0.2) is 9.78 Å². The Hall–Kier alpha value is -2.02. The molecule has 1 fully saturated rings. The molecule has 0 spiro atoms. The zero-order valence-corrected chi connectivity index (χ0v) is 15.4. The maximum Gasteiger partial charge on any atom is 0.328 e. The maximum atomic E-state index is 12.6. The highest BCUT2D eigenvalue weighted by atomic mass is 32.2. The number of fused-ring (bicyclic) bond motifs is 1. The number of likely N-dealkylation sites (tertiary alicyclic amines) is 1. The van der Waals surface area contributed by atoms with Gasteiger partial charge in [0.15, 0.2) is 5.16 Å². The quantitative estimate of drug-likeness (QED) is 0.655. The molecule has 0 bridgehead atoms. The Kier molecular flexibility index (Phi) is 5.63. The number of imidazole rings is 1. The predicted octanol–water partition coefficient (Wildman–Crippen LogP) is 2.91. The highest BCUT2D eigenvalue weighted by Gasteiger charge is 2.33. The number of ether oxygens (including phenoxy) is 1. The fourth-order valence-electron chi connectivity index (χ4n) is 3.09. The van der Waals surface area contributed by atoms with Crippen LogP contribution in [0.3, 0.4) is 0 Å². The molecule has 1 amide bonds. The molecule has 1 N–H and O–H groups in total. The number of esters is 1. The monoisotopic (exact) mass is 361 g/mol. The fourth-order valence-corrected chi connectivity index (χ4v) is 3.87. The van der Waals surface area contributed by atoms with Gasteiger partial charge in [0.1, 0.15) is 6.04 Å². The standard InChI is InChI=1S/C18H23N3O3S/c1-3-24-17(23)15-6-4-5-9-21(15)16(22)11-25-18-19-13-8-7-12(2)10-14(13)20-18/h7-8,10,15H,3-6,9,11H2,1-2H3,(H,19,20)/t15-/m0/s1. The van der Waals surface area contributed by atoms with Crippen LogP contribution in [-0.4, -0.2) is 51.7 Å². The molecule has 2 heterocycles. The minimum absolute atomic E-state index is 0.0422. The summed E-state index contributed by atoms with van der Waals surface area (Å²) in [7, 11) is 0. The molecular formula is C18H23N3O3S. The minimum Gasteiger partial charge on any atom is -0.464 e. The number of amides is 1. The first-order chi connectivity index (χ1) is 12.1. The van der Waals surface area contributed by atoms with E-state index in [1.54, 1.807) is 11.8 Å². The number of hydrogen-bond donors (Lipinski definition) is 1. The molecule has 1 atom stereocenters. The van der Waals surface area contributed by atoms with Crippen LogP contribution in [0.4, 0.5) is 0 Å². The van der Waals surface area contributed by atoms with E-state index in [2.05, 4.69) is 9.97 Å². The Balaban J connectivity index is 1.64. The molecule has 1 aliphatic heterocycles. The highest BCUT2D eigenvalue weighted by Crippen LogP contribution is 2.23. The molecule has 3 rings (SSSR count). The van der Waals surface area contributed by atoms with Gasteiger partial charge in [-0.05, 0) is 50.8 Å². The Morgan fingerprint density at radius 3 is 3.04 bits per heavy atom. The number of carbonyl (C=O) groups is 2. The smallest absolute Gasteiger partial charge is 0.328 e. The first-order valence-corrected chi connectivity index (χ1v) is 9.62. The number of aryl methyl sites for hydroxylation is 1. The summed E-state index contributed by atoms with van der Waals surface area (Å²) in [5, 5.41) is 0.721. The van der Waals surface area contributed by atoms with E-state index in [1.165, 1.54) is 11.8 Å². The molecule has 134 valence electrons. The van der Waals surface area contributed by atoms with Crippen molar-refractivity contribution in [1.29, 1.82) is 0 Å². The topological polar surface area (TPSA) is 75.3 Å². The van der Waals surface area contributed by atoms with Crippen LogP contribution >= 0.6 is 11.8 Å². The van der Waals surface area contributed by atoms with Gasteiger partial charge in [0.2, 0.25) is 5.91 Å². The van der Waals surface area contributed by atoms with E-state index >= 15 is 0 Å². The van der Waals surface area contributed by atoms with Crippen LogP contribution in [0.5, 0.6) is 0 Å². The van der Waals surface area contributed by atoms with Gasteiger partial charge in [0.25, 0.3) is 0 Å². The molecule has 2 aromatic rings. The molecule has 6 nitrogen and oxygen atoms in total. The average Bonchev–Trinajstić information content (AvgIpc) is 3.02. The summed E-state index contributed by atoms with van der Waals surface area (Å²) < 4.78 is 5.12. The third-order valence-electron chi connectivity index (χ3n) is 4.33. The number of carbonyl (C=O) groups excluding carboxylic acids is 2. The Morgan fingerprint density at radius 2 is 2.24 bits per heavy atom. The van der Waals surface area contributed by atoms with E-state index in [1.807, 2.05) is 25.1 Å². The zero-order valence-electron chi connectivity index (χ0n) is 14.6. The summed E-state index contributed by atoms with van der Waals surface area (Å²) in [5.74, 6) is -0.0755. The molecule has 0 unspecified atom stereocenters. The van der Waals surface area contributed by atoms with Crippen LogP contribution in [0, 0.1) is 6.92 Å². The lowest BCUT2D eigenvalue weighted by molar-refractivity contribution is -0.155. The number of piperidine rings is 1. The van der Waals surface area contributed by atoms with Gasteiger partial charge in [0, 0.05) is 6.54 Å². The Bertz CT molecular complexity index is 774. The van der Waals surface area contributed by atoms with E-state index < -0.39 is 6.04 Å². The van der Waals surface area contributed by atoms with Gasteiger partial charge in [-0.2, -0.15) is 0 Å². The van der Waals surface area contributed by atoms with Crippen molar-refractivity contribution in [3.63, 3.8) is 0 Å². The van der Waals surface area contributed by atoms with Crippen molar-refractivity contribution in [3.05, 3.63) is 23.8 Å². The lowest BCUT2D eigenvalue weighted by Gasteiger charge is -2.33. The third kappa shape index (κ3) is 4.15. The molecule has 1 saturated heterocycles. The summed E-state index contributed by atoms with van der Waals surface area (Å²) in [5.41, 5.74) is 3.02. The number of benzene rings is 1. The van der Waals surface area contributed by atoms with Gasteiger partial charge in [-0.3, -0.25) is 4.79 Å². The molecule has 1 aromatic carbocycles. The molecular weight excluding hydrogens is 338 g/mol. The van der Waals surface area contributed by atoms with Crippen LogP contribution in [0.2, 0.25) is 0 Å². The van der Waals surface area contributed by atoms with E-state index in [0.29, 0.717) is 19.6 Å². The van der Waals surface area contributed by atoms with Crippen LogP contribution in [0.15, 0.2) is 23.4 Å². The lowest BCUT2D eigenvalue weighted by Crippen LogP contribution is -2.49. The van der Waals surface area contributed by atoms with Gasteiger partial charge in [-0.1, -0.05) is 17.8 Å². The van der Waals surface area contributed by atoms with Crippen molar-refractivity contribution in [3.8, 4) is 0 Å². The predicted molar refractivity (Wildman–Crippen MR) is 97.5 cm³/mol. The van der Waals surface area contributed by atoms with Crippen molar-refractivity contribution >= 4 is 34.7 Å². The van der Waals surface area contributed by atoms with Crippen molar-refractivity contribution in [2.75, 3.05) is 18.9 Å². The second-order valence-corrected chi connectivity index (χ2v) is 7.17. The molecule has 0 radical (unpaired) electrons. The zero-order chi connectivity index (χ0) is 17.8. The summed E-state index contributed by atoms with van der Waals surface area (Å²) in [6.07, 6.45) is 2.55. The van der Waals surface area contributed by atoms with Gasteiger partial charge in [-0.15, -0.1) is 0 Å². The summed E-state index contributed by atoms with van der Waals surface area (Å²) in [6.45, 7) is 4.77. The van der Waals surface area contributed by atoms with Crippen LogP contribution in [-0.2, 0) is 14.3 Å². The SMILES string of the molecule is CCOC(=O)[C@@H]1CCCCN1C(=O)CSc1nc2ccc(C)cc2[nH]1. The second-order valence-electron chi connectivity index (χ2n) is 6.20. The second kappa shape index (κ2) is 7.91. The van der Waals surface area contributed by atoms with Gasteiger partial charge >= 0.3 is 5.97 Å². The van der Waals surface area contributed by atoms with Crippen molar-refractivity contribution in [2.45, 2.75) is 44.3 Å². The first kappa shape index (κ1) is 17.8.